The third kappa shape index (κ3) is 3.50. The number of aromatic nitrogens is 2. The van der Waals surface area contributed by atoms with E-state index in [4.69, 9.17) is 4.98 Å². The third-order valence-corrected chi connectivity index (χ3v) is 6.82. The van der Waals surface area contributed by atoms with Gasteiger partial charge < -0.3 is 5.11 Å². The summed E-state index contributed by atoms with van der Waals surface area (Å²) in [6.07, 6.45) is 3.06. The van der Waals surface area contributed by atoms with Gasteiger partial charge in [0.05, 0.1) is 21.8 Å². The smallest absolute Gasteiger partial charge is 0.301 e. The molecule has 164 valence electrons. The van der Waals surface area contributed by atoms with Gasteiger partial charge in [-0.3, -0.25) is 19.5 Å². The largest absolute Gasteiger partial charge is 0.507 e. The number of aliphatic hydroxyl groups excluding tert-OH is 1. The van der Waals surface area contributed by atoms with E-state index in [0.717, 1.165) is 32.5 Å². The van der Waals surface area contributed by atoms with Crippen LogP contribution in [0.25, 0.3) is 16.0 Å². The number of anilines is 1. The Morgan fingerprint density at radius 1 is 0.970 bits per heavy atom. The van der Waals surface area contributed by atoms with Crippen LogP contribution in [0.3, 0.4) is 0 Å². The van der Waals surface area contributed by atoms with Crippen LogP contribution >= 0.6 is 11.3 Å². The summed E-state index contributed by atoms with van der Waals surface area (Å²) in [6.45, 7) is 5.96. The van der Waals surface area contributed by atoms with Crippen molar-refractivity contribution in [1.29, 1.82) is 0 Å². The molecule has 0 spiro atoms. The minimum absolute atomic E-state index is 0.0437. The van der Waals surface area contributed by atoms with E-state index < -0.39 is 17.7 Å². The van der Waals surface area contributed by atoms with E-state index in [9.17, 15) is 14.7 Å². The molecule has 33 heavy (non-hydrogen) atoms. The molecule has 3 heterocycles. The van der Waals surface area contributed by atoms with Crippen molar-refractivity contribution in [2.24, 2.45) is 0 Å². The minimum Gasteiger partial charge on any atom is -0.507 e. The van der Waals surface area contributed by atoms with Crippen LogP contribution in [0.5, 0.6) is 0 Å². The number of nitrogens with zero attached hydrogens (tertiary/aromatic N) is 3. The summed E-state index contributed by atoms with van der Waals surface area (Å²) in [7, 11) is 0. The highest BCUT2D eigenvalue weighted by molar-refractivity contribution is 7.22. The Morgan fingerprint density at radius 3 is 2.36 bits per heavy atom. The number of amides is 1. The zero-order chi connectivity index (χ0) is 23.3. The number of Topliss-reactive ketones (excluding diaryl/α,β-unsaturated/α-hetero) is 1. The molecule has 1 N–H and O–H groups in total. The summed E-state index contributed by atoms with van der Waals surface area (Å²) in [6, 6.07) is 14.1. The number of carbonyl (C=O) groups is 2. The van der Waals surface area contributed by atoms with Crippen LogP contribution in [0.4, 0.5) is 5.13 Å². The Kier molecular flexibility index (Phi) is 5.06. The minimum atomic E-state index is -0.791. The topological polar surface area (TPSA) is 83.4 Å². The Bertz CT molecular complexity index is 1440. The number of carbonyl (C=O) groups excluding carboxylic acids is 2. The maximum Gasteiger partial charge on any atom is 0.301 e. The molecule has 1 unspecified atom stereocenters. The van der Waals surface area contributed by atoms with Crippen molar-refractivity contribution in [3.8, 4) is 0 Å². The Balaban J connectivity index is 1.75. The third-order valence-electron chi connectivity index (χ3n) is 5.82. The first-order chi connectivity index (χ1) is 15.8. The number of hydrogen-bond acceptors (Lipinski definition) is 6. The highest BCUT2D eigenvalue weighted by atomic mass is 32.1. The average molecular weight is 456 g/mol. The summed E-state index contributed by atoms with van der Waals surface area (Å²) < 4.78 is 0.946. The molecule has 1 saturated heterocycles. The molecule has 7 heteroatoms. The number of fused-ring (bicyclic) bond motifs is 1. The predicted octanol–water partition coefficient (Wildman–Crippen LogP) is 5.24. The van der Waals surface area contributed by atoms with Gasteiger partial charge in [0.1, 0.15) is 5.76 Å². The lowest BCUT2D eigenvalue weighted by atomic mass is 9.95. The van der Waals surface area contributed by atoms with E-state index in [1.54, 1.807) is 12.1 Å². The summed E-state index contributed by atoms with van der Waals surface area (Å²) in [5.74, 6) is -1.66. The molecule has 1 aliphatic rings. The normalized spacial score (nSPS) is 17.8. The van der Waals surface area contributed by atoms with Crippen LogP contribution in [-0.4, -0.2) is 26.8 Å². The van der Waals surface area contributed by atoms with Crippen molar-refractivity contribution >= 4 is 44.1 Å². The van der Waals surface area contributed by atoms with E-state index in [1.165, 1.54) is 28.6 Å². The first-order valence-electron chi connectivity index (χ1n) is 10.5. The lowest BCUT2D eigenvalue weighted by Gasteiger charge is -2.23. The Labute approximate surface area is 194 Å². The van der Waals surface area contributed by atoms with Crippen molar-refractivity contribution in [2.45, 2.75) is 26.8 Å². The summed E-state index contributed by atoms with van der Waals surface area (Å²) >= 11 is 1.37. The number of hydrogen-bond donors (Lipinski definition) is 1. The predicted molar refractivity (Wildman–Crippen MR) is 129 cm³/mol. The van der Waals surface area contributed by atoms with Gasteiger partial charge >= 0.3 is 5.91 Å². The molecule has 0 bridgehead atoms. The molecule has 2 aromatic carbocycles. The number of rotatable bonds is 3. The second-order valence-electron chi connectivity index (χ2n) is 8.24. The maximum absolute atomic E-state index is 13.3. The van der Waals surface area contributed by atoms with E-state index in [-0.39, 0.29) is 11.3 Å². The van der Waals surface area contributed by atoms with Gasteiger partial charge in [-0.15, -0.1) is 0 Å². The molecular weight excluding hydrogens is 434 g/mol. The van der Waals surface area contributed by atoms with Crippen LogP contribution in [0.2, 0.25) is 0 Å². The van der Waals surface area contributed by atoms with Crippen LogP contribution in [0.1, 0.15) is 33.9 Å². The summed E-state index contributed by atoms with van der Waals surface area (Å²) in [5.41, 5.74) is 5.16. The molecule has 4 aromatic rings. The fraction of sp³-hybridized carbons (Fsp3) is 0.154. The number of pyridine rings is 1. The molecule has 1 aliphatic heterocycles. The van der Waals surface area contributed by atoms with Gasteiger partial charge in [0.2, 0.25) is 0 Å². The lowest BCUT2D eigenvalue weighted by Crippen LogP contribution is -2.29. The van der Waals surface area contributed by atoms with Crippen LogP contribution in [-0.2, 0) is 9.59 Å². The SMILES string of the molecule is Cc1ccc(C2C(=C(O)c3ccncc3)C(=O)C(=O)N2c2nc3c(C)cc(C)cc3s2)cc1. The van der Waals surface area contributed by atoms with Gasteiger partial charge in [0, 0.05) is 18.0 Å². The number of thiazole rings is 1. The first-order valence-corrected chi connectivity index (χ1v) is 11.3. The van der Waals surface area contributed by atoms with Gasteiger partial charge in [0.15, 0.2) is 5.13 Å². The Hall–Kier alpha value is -3.84. The number of ketones is 1. The lowest BCUT2D eigenvalue weighted by molar-refractivity contribution is -0.132. The first kappa shape index (κ1) is 21.0. The van der Waals surface area contributed by atoms with Crippen LogP contribution in [0.15, 0.2) is 66.5 Å². The van der Waals surface area contributed by atoms with Crippen molar-refractivity contribution in [2.75, 3.05) is 4.90 Å². The highest BCUT2D eigenvalue weighted by Gasteiger charge is 2.48. The van der Waals surface area contributed by atoms with Gasteiger partial charge in [-0.1, -0.05) is 47.2 Å². The van der Waals surface area contributed by atoms with Crippen molar-refractivity contribution < 1.29 is 14.7 Å². The quantitative estimate of drug-likeness (QED) is 0.259. The summed E-state index contributed by atoms with van der Waals surface area (Å²) in [5, 5.41) is 11.5. The standard InChI is InChI=1S/C26H21N3O3S/c1-14-4-6-17(7-5-14)22-20(23(30)18-8-10-27-11-9-18)24(31)25(32)29(22)26-28-21-16(3)12-15(2)13-19(21)33-26/h4-13,22,30H,1-3H3. The molecule has 2 aromatic heterocycles. The molecular formula is C26H21N3O3S. The average Bonchev–Trinajstić information content (AvgIpc) is 3.33. The summed E-state index contributed by atoms with van der Waals surface area (Å²) in [4.78, 5) is 36.7. The van der Waals surface area contributed by atoms with Crippen molar-refractivity contribution in [3.05, 3.63) is 94.3 Å². The molecule has 6 nitrogen and oxygen atoms in total. The van der Waals surface area contributed by atoms with E-state index in [2.05, 4.69) is 4.98 Å². The molecule has 1 fully saturated rings. The number of aryl methyl sites for hydroxylation is 3. The highest BCUT2D eigenvalue weighted by Crippen LogP contribution is 2.44. The molecule has 1 amide bonds. The fourth-order valence-electron chi connectivity index (χ4n) is 4.22. The van der Waals surface area contributed by atoms with Crippen molar-refractivity contribution in [3.63, 3.8) is 0 Å². The second kappa shape index (κ2) is 7.94. The van der Waals surface area contributed by atoms with Gasteiger partial charge in [-0.2, -0.15) is 0 Å². The Morgan fingerprint density at radius 2 is 1.67 bits per heavy atom. The zero-order valence-electron chi connectivity index (χ0n) is 18.4. The molecule has 1 atom stereocenters. The van der Waals surface area contributed by atoms with E-state index in [1.807, 2.05) is 57.2 Å². The number of aliphatic hydroxyl groups is 1. The second-order valence-corrected chi connectivity index (χ2v) is 9.25. The fourth-order valence-corrected chi connectivity index (χ4v) is 5.39. The molecule has 0 radical (unpaired) electrons. The monoisotopic (exact) mass is 455 g/mol. The molecule has 5 rings (SSSR count). The van der Waals surface area contributed by atoms with Gasteiger partial charge in [-0.05, 0) is 55.7 Å². The van der Waals surface area contributed by atoms with E-state index >= 15 is 0 Å². The maximum atomic E-state index is 13.3. The number of benzene rings is 2. The van der Waals surface area contributed by atoms with Crippen molar-refractivity contribution in [1.82, 2.24) is 9.97 Å². The molecule has 0 saturated carbocycles. The van der Waals surface area contributed by atoms with E-state index in [0.29, 0.717) is 10.7 Å². The van der Waals surface area contributed by atoms with Gasteiger partial charge in [0.25, 0.3) is 5.78 Å². The zero-order valence-corrected chi connectivity index (χ0v) is 19.2. The molecule has 0 aliphatic carbocycles. The van der Waals surface area contributed by atoms with Gasteiger partial charge in [-0.25, -0.2) is 4.98 Å². The van der Waals surface area contributed by atoms with Crippen LogP contribution < -0.4 is 4.90 Å². The van der Waals surface area contributed by atoms with Crippen LogP contribution in [0, 0.1) is 20.8 Å².